The van der Waals surface area contributed by atoms with Crippen LogP contribution in [0.3, 0.4) is 0 Å². The van der Waals surface area contributed by atoms with Gasteiger partial charge in [0.1, 0.15) is 11.4 Å². The molecule has 3 aromatic rings. The highest BCUT2D eigenvalue weighted by molar-refractivity contribution is 6.30. The predicted octanol–water partition coefficient (Wildman–Crippen LogP) is 5.92. The lowest BCUT2D eigenvalue weighted by molar-refractivity contribution is -0.170. The molecule has 1 aromatic heterocycles. The number of hydrogen-bond acceptors (Lipinski definition) is 6. The molecule has 6 nitrogen and oxygen atoms in total. The number of nitrogens with zero attached hydrogens (tertiary/aromatic N) is 2. The van der Waals surface area contributed by atoms with Gasteiger partial charge in [0, 0.05) is 29.4 Å². The molecule has 0 saturated heterocycles. The highest BCUT2D eigenvalue weighted by Crippen LogP contribution is 2.23. The molecular weight excluding hydrogens is 440 g/mol. The second-order valence-electron chi connectivity index (χ2n) is 9.12. The number of halogens is 1. The lowest BCUT2D eigenvalue weighted by atomic mass is 10.1. The fourth-order valence-corrected chi connectivity index (χ4v) is 3.03. The summed E-state index contributed by atoms with van der Waals surface area (Å²) in [6.07, 6.45) is 4.13. The van der Waals surface area contributed by atoms with Crippen LogP contribution in [-0.2, 0) is 16.0 Å². The molecule has 3 rings (SSSR count). The number of esters is 1. The summed E-state index contributed by atoms with van der Waals surface area (Å²) in [4.78, 5) is 20.9. The van der Waals surface area contributed by atoms with Crippen molar-refractivity contribution in [3.8, 4) is 22.9 Å². The highest BCUT2D eigenvalue weighted by atomic mass is 35.5. The van der Waals surface area contributed by atoms with Crippen molar-refractivity contribution in [2.75, 3.05) is 6.61 Å². The first kappa shape index (κ1) is 24.5. The maximum atomic E-state index is 12.4. The maximum absolute atomic E-state index is 12.4. The molecule has 0 aliphatic rings. The Labute approximate surface area is 199 Å². The number of carbonyl (C=O) groups is 1. The van der Waals surface area contributed by atoms with Gasteiger partial charge < -0.3 is 14.2 Å². The van der Waals surface area contributed by atoms with Gasteiger partial charge in [-0.2, -0.15) is 0 Å². The van der Waals surface area contributed by atoms with Crippen LogP contribution in [-0.4, -0.2) is 33.7 Å². The van der Waals surface area contributed by atoms with Gasteiger partial charge in [-0.15, -0.1) is 0 Å². The minimum absolute atomic E-state index is 0.326. The number of aromatic nitrogens is 2. The van der Waals surface area contributed by atoms with Crippen LogP contribution in [0.25, 0.3) is 11.1 Å². The molecule has 0 unspecified atom stereocenters. The molecule has 0 aliphatic carbocycles. The largest absolute Gasteiger partial charge is 0.476 e. The number of ether oxygens (including phenoxy) is 3. The standard InChI is InChI=1S/C26H29ClN2O4/c1-25(2,3)33-23(30)26(4,5)32-22-12-6-18(7-13-22)14-15-31-24-28-16-20(17-29-24)19-8-10-21(27)11-9-19/h6-13,16-17H,14-15H2,1-5H3. The van der Waals surface area contributed by atoms with Gasteiger partial charge in [0.25, 0.3) is 0 Å². The topological polar surface area (TPSA) is 70.5 Å². The SMILES string of the molecule is CC(C)(C)OC(=O)C(C)(C)Oc1ccc(CCOc2ncc(-c3ccc(Cl)cc3)cn2)cc1. The van der Waals surface area contributed by atoms with Gasteiger partial charge in [0.15, 0.2) is 5.60 Å². The van der Waals surface area contributed by atoms with Crippen molar-refractivity contribution in [2.45, 2.75) is 52.2 Å². The van der Waals surface area contributed by atoms with E-state index in [2.05, 4.69) is 9.97 Å². The highest BCUT2D eigenvalue weighted by Gasteiger charge is 2.34. The third-order valence-electron chi connectivity index (χ3n) is 4.61. The minimum Gasteiger partial charge on any atom is -0.476 e. The van der Waals surface area contributed by atoms with Crippen molar-refractivity contribution in [1.82, 2.24) is 9.97 Å². The molecule has 0 amide bonds. The molecule has 174 valence electrons. The van der Waals surface area contributed by atoms with E-state index < -0.39 is 17.2 Å². The van der Waals surface area contributed by atoms with Crippen LogP contribution in [0.5, 0.6) is 11.8 Å². The van der Waals surface area contributed by atoms with Crippen LogP contribution in [0.4, 0.5) is 0 Å². The van der Waals surface area contributed by atoms with Crippen LogP contribution in [0, 0.1) is 0 Å². The molecule has 0 radical (unpaired) electrons. The van der Waals surface area contributed by atoms with Crippen molar-refractivity contribution < 1.29 is 19.0 Å². The van der Waals surface area contributed by atoms with Crippen LogP contribution in [0.2, 0.25) is 5.02 Å². The number of carbonyl (C=O) groups excluding carboxylic acids is 1. The zero-order valence-electron chi connectivity index (χ0n) is 19.6. The molecule has 0 saturated carbocycles. The fourth-order valence-electron chi connectivity index (χ4n) is 2.90. The summed E-state index contributed by atoms with van der Waals surface area (Å²) in [6.45, 7) is 9.32. The average Bonchev–Trinajstić information content (AvgIpc) is 2.75. The summed E-state index contributed by atoms with van der Waals surface area (Å²) in [6, 6.07) is 15.4. The Morgan fingerprint density at radius 3 is 2.06 bits per heavy atom. The molecule has 0 fully saturated rings. The van der Waals surface area contributed by atoms with Gasteiger partial charge >= 0.3 is 12.0 Å². The Balaban J connectivity index is 1.49. The summed E-state index contributed by atoms with van der Waals surface area (Å²) >= 11 is 5.93. The molecule has 1 heterocycles. The first-order valence-corrected chi connectivity index (χ1v) is 11.1. The summed E-state index contributed by atoms with van der Waals surface area (Å²) in [7, 11) is 0. The molecule has 0 spiro atoms. The summed E-state index contributed by atoms with van der Waals surface area (Å²) in [5.74, 6) is 0.186. The second-order valence-corrected chi connectivity index (χ2v) is 9.55. The molecule has 0 aliphatic heterocycles. The summed E-state index contributed by atoms with van der Waals surface area (Å²) in [5.41, 5.74) is 1.29. The third-order valence-corrected chi connectivity index (χ3v) is 4.87. The Morgan fingerprint density at radius 1 is 0.879 bits per heavy atom. The smallest absolute Gasteiger partial charge is 0.350 e. The number of rotatable bonds is 8. The Bertz CT molecular complexity index is 1060. The zero-order chi connectivity index (χ0) is 24.1. The van der Waals surface area contributed by atoms with Crippen molar-refractivity contribution in [3.05, 3.63) is 71.5 Å². The minimum atomic E-state index is -1.09. The van der Waals surface area contributed by atoms with Crippen LogP contribution in [0.15, 0.2) is 60.9 Å². The molecule has 7 heteroatoms. The van der Waals surface area contributed by atoms with E-state index in [0.717, 1.165) is 16.7 Å². The maximum Gasteiger partial charge on any atom is 0.350 e. The third kappa shape index (κ3) is 7.46. The first-order chi connectivity index (χ1) is 15.5. The number of benzene rings is 2. The molecule has 33 heavy (non-hydrogen) atoms. The van der Waals surface area contributed by atoms with E-state index in [-0.39, 0.29) is 0 Å². The summed E-state index contributed by atoms with van der Waals surface area (Å²) in [5, 5.41) is 0.686. The molecule has 0 bridgehead atoms. The van der Waals surface area contributed by atoms with Gasteiger partial charge in [0.05, 0.1) is 6.61 Å². The first-order valence-electron chi connectivity index (χ1n) is 10.7. The fraction of sp³-hybridized carbons (Fsp3) is 0.346. The normalized spacial score (nSPS) is 11.7. The Hall–Kier alpha value is -3.12. The van der Waals surface area contributed by atoms with Gasteiger partial charge in [-0.25, -0.2) is 14.8 Å². The molecule has 0 atom stereocenters. The monoisotopic (exact) mass is 468 g/mol. The van der Waals surface area contributed by atoms with E-state index >= 15 is 0 Å². The van der Waals surface area contributed by atoms with Crippen molar-refractivity contribution in [2.24, 2.45) is 0 Å². The molecule has 0 N–H and O–H groups in total. The van der Waals surface area contributed by atoms with E-state index in [4.69, 9.17) is 25.8 Å². The average molecular weight is 469 g/mol. The number of hydrogen-bond donors (Lipinski definition) is 0. The molecule has 2 aromatic carbocycles. The van der Waals surface area contributed by atoms with E-state index in [1.165, 1.54) is 0 Å². The lowest BCUT2D eigenvalue weighted by Crippen LogP contribution is -2.43. The van der Waals surface area contributed by atoms with E-state index in [0.29, 0.717) is 29.8 Å². The van der Waals surface area contributed by atoms with Gasteiger partial charge in [-0.1, -0.05) is 35.9 Å². The van der Waals surface area contributed by atoms with E-state index in [1.54, 1.807) is 26.2 Å². The Kier molecular flexibility index (Phi) is 7.59. The van der Waals surface area contributed by atoms with Crippen LogP contribution < -0.4 is 9.47 Å². The zero-order valence-corrected chi connectivity index (χ0v) is 20.3. The second kappa shape index (κ2) is 10.2. The van der Waals surface area contributed by atoms with Crippen LogP contribution in [0.1, 0.15) is 40.2 Å². The van der Waals surface area contributed by atoms with Gasteiger partial charge in [-0.3, -0.25) is 0 Å². The van der Waals surface area contributed by atoms with Gasteiger partial charge in [-0.05, 0) is 70.0 Å². The van der Waals surface area contributed by atoms with Crippen molar-refractivity contribution in [1.29, 1.82) is 0 Å². The quantitative estimate of drug-likeness (QED) is 0.382. The van der Waals surface area contributed by atoms with E-state index in [1.807, 2.05) is 69.3 Å². The summed E-state index contributed by atoms with van der Waals surface area (Å²) < 4.78 is 17.0. The Morgan fingerprint density at radius 2 is 1.48 bits per heavy atom. The van der Waals surface area contributed by atoms with Crippen molar-refractivity contribution >= 4 is 17.6 Å². The van der Waals surface area contributed by atoms with Crippen molar-refractivity contribution in [3.63, 3.8) is 0 Å². The lowest BCUT2D eigenvalue weighted by Gasteiger charge is -2.29. The van der Waals surface area contributed by atoms with Crippen LogP contribution >= 0.6 is 11.6 Å². The van der Waals surface area contributed by atoms with E-state index in [9.17, 15) is 4.79 Å². The van der Waals surface area contributed by atoms with Gasteiger partial charge in [0.2, 0.25) is 0 Å². The molecular formula is C26H29ClN2O4. The predicted molar refractivity (Wildman–Crippen MR) is 129 cm³/mol.